The molecule has 0 aliphatic rings. The van der Waals surface area contributed by atoms with Gasteiger partial charge in [0.15, 0.2) is 6.10 Å². The standard InChI is InChI=1S/C76H144O6/c1-4-7-10-13-16-19-22-25-28-31-33-34-35-36-37-38-39-40-41-42-43-46-48-51-54-57-60-63-66-69-75(78)81-72-73(71-80-74(77)68-65-62-59-56-53-50-47-44-30-27-24-21-18-15-12-9-6-3)82-76(79)70-67-64-61-58-55-52-49-45-32-29-26-23-20-17-14-11-8-5-2/h18,21,27,30,73H,4-17,19-20,22-26,28-29,31-72H2,1-3H3/b21-18-,30-27-. The van der Waals surface area contributed by atoms with Gasteiger partial charge in [-0.25, -0.2) is 0 Å². The highest BCUT2D eigenvalue weighted by molar-refractivity contribution is 5.71. The Morgan fingerprint density at radius 3 is 0.695 bits per heavy atom. The Kier molecular flexibility index (Phi) is 69.5. The molecule has 0 saturated carbocycles. The molecule has 0 amide bonds. The molecule has 0 spiro atoms. The zero-order valence-corrected chi connectivity index (χ0v) is 55.8. The number of carbonyl (C=O) groups is 3. The van der Waals surface area contributed by atoms with Crippen LogP contribution in [0.15, 0.2) is 24.3 Å². The molecule has 0 saturated heterocycles. The van der Waals surface area contributed by atoms with E-state index in [2.05, 4.69) is 45.1 Å². The molecule has 0 rings (SSSR count). The number of esters is 3. The first-order valence-corrected chi connectivity index (χ1v) is 37.3. The van der Waals surface area contributed by atoms with E-state index < -0.39 is 6.10 Å². The van der Waals surface area contributed by atoms with Crippen LogP contribution in [0.5, 0.6) is 0 Å². The molecule has 1 unspecified atom stereocenters. The molecular formula is C76H144O6. The second kappa shape index (κ2) is 71.4. The number of carbonyl (C=O) groups excluding carboxylic acids is 3. The fourth-order valence-electron chi connectivity index (χ4n) is 11.6. The number of allylic oxidation sites excluding steroid dienone is 4. The number of ether oxygens (including phenoxy) is 3. The molecule has 0 aromatic carbocycles. The van der Waals surface area contributed by atoms with Gasteiger partial charge in [-0.15, -0.1) is 0 Å². The Hall–Kier alpha value is -2.11. The van der Waals surface area contributed by atoms with Crippen LogP contribution in [0.25, 0.3) is 0 Å². The summed E-state index contributed by atoms with van der Waals surface area (Å²) in [5.41, 5.74) is 0. The van der Waals surface area contributed by atoms with Gasteiger partial charge in [-0.1, -0.05) is 379 Å². The average Bonchev–Trinajstić information content (AvgIpc) is 3.47. The monoisotopic (exact) mass is 1150 g/mol. The first-order valence-electron chi connectivity index (χ1n) is 37.3. The fraction of sp³-hybridized carbons (Fsp3) is 0.908. The molecule has 0 aromatic rings. The van der Waals surface area contributed by atoms with Crippen LogP contribution in [0.1, 0.15) is 425 Å². The Labute approximate surface area is 513 Å². The first-order chi connectivity index (χ1) is 40.5. The summed E-state index contributed by atoms with van der Waals surface area (Å²) in [6, 6.07) is 0. The van der Waals surface area contributed by atoms with Crippen molar-refractivity contribution in [3.63, 3.8) is 0 Å². The Balaban J connectivity index is 4.20. The molecule has 1 atom stereocenters. The smallest absolute Gasteiger partial charge is 0.306 e. The van der Waals surface area contributed by atoms with Crippen molar-refractivity contribution in [1.82, 2.24) is 0 Å². The topological polar surface area (TPSA) is 78.9 Å². The molecule has 484 valence electrons. The predicted octanol–water partition coefficient (Wildman–Crippen LogP) is 25.7. The summed E-state index contributed by atoms with van der Waals surface area (Å²) >= 11 is 0. The summed E-state index contributed by atoms with van der Waals surface area (Å²) in [5.74, 6) is -0.839. The van der Waals surface area contributed by atoms with Gasteiger partial charge >= 0.3 is 17.9 Å². The van der Waals surface area contributed by atoms with E-state index in [0.717, 1.165) is 70.6 Å². The zero-order valence-electron chi connectivity index (χ0n) is 55.8. The molecule has 0 aliphatic carbocycles. The van der Waals surface area contributed by atoms with Crippen molar-refractivity contribution in [2.24, 2.45) is 0 Å². The van der Waals surface area contributed by atoms with Crippen molar-refractivity contribution < 1.29 is 28.6 Å². The maximum atomic E-state index is 13.0. The third kappa shape index (κ3) is 68.7. The lowest BCUT2D eigenvalue weighted by Gasteiger charge is -2.18. The molecule has 6 nitrogen and oxygen atoms in total. The minimum Gasteiger partial charge on any atom is -0.462 e. The number of unbranched alkanes of at least 4 members (excludes halogenated alkanes) is 55. The van der Waals surface area contributed by atoms with Crippen molar-refractivity contribution in [2.45, 2.75) is 431 Å². The van der Waals surface area contributed by atoms with Gasteiger partial charge in [0.2, 0.25) is 0 Å². The van der Waals surface area contributed by atoms with Gasteiger partial charge in [0.1, 0.15) is 13.2 Å². The van der Waals surface area contributed by atoms with Crippen LogP contribution in [0.3, 0.4) is 0 Å². The maximum absolute atomic E-state index is 13.0. The maximum Gasteiger partial charge on any atom is 0.306 e. The minimum absolute atomic E-state index is 0.0670. The van der Waals surface area contributed by atoms with E-state index in [4.69, 9.17) is 14.2 Å². The normalized spacial score (nSPS) is 12.1. The summed E-state index contributed by atoms with van der Waals surface area (Å²) in [7, 11) is 0. The molecule has 0 aromatic heterocycles. The van der Waals surface area contributed by atoms with E-state index in [1.54, 1.807) is 0 Å². The van der Waals surface area contributed by atoms with Crippen LogP contribution in [0.4, 0.5) is 0 Å². The Morgan fingerprint density at radius 1 is 0.244 bits per heavy atom. The number of hydrogen-bond acceptors (Lipinski definition) is 6. The largest absolute Gasteiger partial charge is 0.462 e. The van der Waals surface area contributed by atoms with Gasteiger partial charge in [0.25, 0.3) is 0 Å². The van der Waals surface area contributed by atoms with E-state index in [-0.39, 0.29) is 31.1 Å². The van der Waals surface area contributed by atoms with Crippen molar-refractivity contribution in [2.75, 3.05) is 13.2 Å². The van der Waals surface area contributed by atoms with Crippen molar-refractivity contribution in [3.05, 3.63) is 24.3 Å². The highest BCUT2D eigenvalue weighted by Gasteiger charge is 2.20. The molecule has 0 fully saturated rings. The minimum atomic E-state index is -0.772. The summed E-state index contributed by atoms with van der Waals surface area (Å²) in [4.78, 5) is 38.5. The van der Waals surface area contributed by atoms with Crippen LogP contribution in [0, 0.1) is 0 Å². The van der Waals surface area contributed by atoms with Gasteiger partial charge in [-0.2, -0.15) is 0 Å². The lowest BCUT2D eigenvalue weighted by molar-refractivity contribution is -0.167. The van der Waals surface area contributed by atoms with Crippen molar-refractivity contribution >= 4 is 17.9 Å². The van der Waals surface area contributed by atoms with Crippen molar-refractivity contribution in [3.8, 4) is 0 Å². The van der Waals surface area contributed by atoms with E-state index in [1.165, 1.54) is 315 Å². The number of hydrogen-bond donors (Lipinski definition) is 0. The molecule has 0 bridgehead atoms. The lowest BCUT2D eigenvalue weighted by atomic mass is 10.0. The van der Waals surface area contributed by atoms with Gasteiger partial charge < -0.3 is 14.2 Å². The highest BCUT2D eigenvalue weighted by atomic mass is 16.6. The van der Waals surface area contributed by atoms with Gasteiger partial charge in [0.05, 0.1) is 0 Å². The average molecular weight is 1150 g/mol. The zero-order chi connectivity index (χ0) is 59.2. The highest BCUT2D eigenvalue weighted by Crippen LogP contribution is 2.19. The summed E-state index contributed by atoms with van der Waals surface area (Å²) in [6.07, 6.45) is 87.9. The Morgan fingerprint density at radius 2 is 0.439 bits per heavy atom. The SMILES string of the molecule is CCCCC/C=C\C/C=C\CCCCCCCCCC(=O)OCC(COC(=O)CCCCCCCCCCCCCCCCCCCCCCCCCCCCCCC)OC(=O)CCCCCCCCCCCCCCCCCCCC. The lowest BCUT2D eigenvalue weighted by Crippen LogP contribution is -2.30. The van der Waals surface area contributed by atoms with Crippen molar-refractivity contribution in [1.29, 1.82) is 0 Å². The van der Waals surface area contributed by atoms with Crippen LogP contribution in [-0.2, 0) is 28.6 Å². The first kappa shape index (κ1) is 79.9. The molecular weight excluding hydrogens is 1010 g/mol. The van der Waals surface area contributed by atoms with Crippen LogP contribution < -0.4 is 0 Å². The molecule has 6 heteroatoms. The van der Waals surface area contributed by atoms with E-state index in [9.17, 15) is 14.4 Å². The molecule has 0 heterocycles. The quantitative estimate of drug-likeness (QED) is 0.0261. The van der Waals surface area contributed by atoms with E-state index in [0.29, 0.717) is 19.3 Å². The van der Waals surface area contributed by atoms with Crippen LogP contribution in [0.2, 0.25) is 0 Å². The number of rotatable bonds is 70. The van der Waals surface area contributed by atoms with Crippen LogP contribution >= 0.6 is 0 Å². The molecule has 82 heavy (non-hydrogen) atoms. The summed E-state index contributed by atoms with van der Waals surface area (Å²) in [5, 5.41) is 0. The molecule has 0 radical (unpaired) electrons. The fourth-order valence-corrected chi connectivity index (χ4v) is 11.6. The van der Waals surface area contributed by atoms with Gasteiger partial charge in [0, 0.05) is 19.3 Å². The third-order valence-corrected chi connectivity index (χ3v) is 17.2. The van der Waals surface area contributed by atoms with Gasteiger partial charge in [-0.05, 0) is 51.4 Å². The van der Waals surface area contributed by atoms with Gasteiger partial charge in [-0.3, -0.25) is 14.4 Å². The van der Waals surface area contributed by atoms with E-state index >= 15 is 0 Å². The Bertz CT molecular complexity index is 1320. The third-order valence-electron chi connectivity index (χ3n) is 17.2. The summed E-state index contributed by atoms with van der Waals surface area (Å²) in [6.45, 7) is 6.70. The second-order valence-corrected chi connectivity index (χ2v) is 25.6. The molecule has 0 aliphatic heterocycles. The second-order valence-electron chi connectivity index (χ2n) is 25.6. The summed E-state index contributed by atoms with van der Waals surface area (Å²) < 4.78 is 17.0. The predicted molar refractivity (Wildman–Crippen MR) is 358 cm³/mol. The van der Waals surface area contributed by atoms with E-state index in [1.807, 2.05) is 0 Å². The van der Waals surface area contributed by atoms with Crippen LogP contribution in [-0.4, -0.2) is 37.2 Å². The molecule has 0 N–H and O–H groups in total.